The zero-order valence-electron chi connectivity index (χ0n) is 13.3. The van der Waals surface area contributed by atoms with Gasteiger partial charge in [0.1, 0.15) is 5.56 Å². The SMILES string of the molecule is CCOC(=O)c1cnc(SCCc2ccccc2)n(CC)c1=O. The van der Waals surface area contributed by atoms with Crippen LogP contribution in [0.2, 0.25) is 0 Å². The van der Waals surface area contributed by atoms with Gasteiger partial charge in [0.05, 0.1) is 6.61 Å². The van der Waals surface area contributed by atoms with Gasteiger partial charge in [0.15, 0.2) is 5.16 Å². The lowest BCUT2D eigenvalue weighted by molar-refractivity contribution is 0.0522. The van der Waals surface area contributed by atoms with Gasteiger partial charge in [-0.1, -0.05) is 42.1 Å². The summed E-state index contributed by atoms with van der Waals surface area (Å²) in [6.45, 7) is 4.27. The molecule has 1 aromatic heterocycles. The summed E-state index contributed by atoms with van der Waals surface area (Å²) >= 11 is 1.51. The molecular formula is C17H20N2O3S. The van der Waals surface area contributed by atoms with Crippen LogP contribution in [-0.4, -0.2) is 27.9 Å². The van der Waals surface area contributed by atoms with Crippen molar-refractivity contribution in [3.63, 3.8) is 0 Å². The van der Waals surface area contributed by atoms with E-state index in [1.807, 2.05) is 25.1 Å². The van der Waals surface area contributed by atoms with E-state index in [0.29, 0.717) is 11.7 Å². The summed E-state index contributed by atoms with van der Waals surface area (Å²) in [5.74, 6) is 0.197. The lowest BCUT2D eigenvalue weighted by Crippen LogP contribution is -2.29. The van der Waals surface area contributed by atoms with E-state index in [9.17, 15) is 9.59 Å². The van der Waals surface area contributed by atoms with Crippen molar-refractivity contribution in [1.29, 1.82) is 0 Å². The zero-order chi connectivity index (χ0) is 16.7. The van der Waals surface area contributed by atoms with E-state index < -0.39 is 5.97 Å². The van der Waals surface area contributed by atoms with Crippen LogP contribution in [0.5, 0.6) is 0 Å². The topological polar surface area (TPSA) is 61.2 Å². The molecule has 2 aromatic rings. The summed E-state index contributed by atoms with van der Waals surface area (Å²) in [6.07, 6.45) is 2.21. The minimum Gasteiger partial charge on any atom is -0.462 e. The maximum Gasteiger partial charge on any atom is 0.345 e. The Labute approximate surface area is 139 Å². The van der Waals surface area contributed by atoms with Crippen molar-refractivity contribution in [3.8, 4) is 0 Å². The Morgan fingerprint density at radius 1 is 1.26 bits per heavy atom. The van der Waals surface area contributed by atoms with Gasteiger partial charge < -0.3 is 4.74 Å². The van der Waals surface area contributed by atoms with Crippen LogP contribution in [0.25, 0.3) is 0 Å². The Balaban J connectivity index is 2.11. The number of hydrogen-bond donors (Lipinski definition) is 0. The second-order valence-electron chi connectivity index (χ2n) is 4.81. The first-order valence-corrected chi connectivity index (χ1v) is 8.59. The van der Waals surface area contributed by atoms with E-state index in [2.05, 4.69) is 17.1 Å². The minimum absolute atomic E-state index is 0.0129. The van der Waals surface area contributed by atoms with Gasteiger partial charge in [-0.15, -0.1) is 0 Å². The number of thioether (sulfide) groups is 1. The average Bonchev–Trinajstić information content (AvgIpc) is 2.56. The molecule has 0 saturated heterocycles. The molecule has 0 spiro atoms. The molecule has 122 valence electrons. The van der Waals surface area contributed by atoms with Crippen molar-refractivity contribution in [3.05, 3.63) is 58.0 Å². The molecule has 0 amide bonds. The summed E-state index contributed by atoms with van der Waals surface area (Å²) < 4.78 is 6.40. The lowest BCUT2D eigenvalue weighted by atomic mass is 10.2. The summed E-state index contributed by atoms with van der Waals surface area (Å²) in [6, 6.07) is 10.2. The summed E-state index contributed by atoms with van der Waals surface area (Å²) in [7, 11) is 0. The molecule has 0 atom stereocenters. The van der Waals surface area contributed by atoms with E-state index in [0.717, 1.165) is 12.2 Å². The predicted octanol–water partition coefficient (Wildman–Crippen LogP) is 2.77. The largest absolute Gasteiger partial charge is 0.462 e. The Morgan fingerprint density at radius 3 is 2.65 bits per heavy atom. The molecule has 0 fully saturated rings. The molecule has 0 aliphatic carbocycles. The van der Waals surface area contributed by atoms with Gasteiger partial charge in [-0.3, -0.25) is 9.36 Å². The summed E-state index contributed by atoms with van der Waals surface area (Å²) in [4.78, 5) is 28.4. The summed E-state index contributed by atoms with van der Waals surface area (Å²) in [5.41, 5.74) is 0.887. The van der Waals surface area contributed by atoms with Gasteiger partial charge in [-0.05, 0) is 25.8 Å². The van der Waals surface area contributed by atoms with Gasteiger partial charge in [0.25, 0.3) is 5.56 Å². The maximum atomic E-state index is 12.4. The number of benzene rings is 1. The molecule has 0 aliphatic heterocycles. The Bertz CT molecular complexity index is 714. The number of aryl methyl sites for hydroxylation is 1. The lowest BCUT2D eigenvalue weighted by Gasteiger charge is -2.11. The molecule has 0 bridgehead atoms. The number of hydrogen-bond acceptors (Lipinski definition) is 5. The van der Waals surface area contributed by atoms with Gasteiger partial charge in [0.2, 0.25) is 0 Å². The molecule has 0 saturated carbocycles. The van der Waals surface area contributed by atoms with Gasteiger partial charge in [-0.25, -0.2) is 9.78 Å². The zero-order valence-corrected chi connectivity index (χ0v) is 14.1. The van der Waals surface area contributed by atoms with Gasteiger partial charge in [-0.2, -0.15) is 0 Å². The van der Waals surface area contributed by atoms with Crippen LogP contribution in [0.15, 0.2) is 46.5 Å². The van der Waals surface area contributed by atoms with Crippen molar-refractivity contribution in [1.82, 2.24) is 9.55 Å². The molecule has 0 unspecified atom stereocenters. The monoisotopic (exact) mass is 332 g/mol. The molecule has 2 rings (SSSR count). The molecule has 1 aromatic carbocycles. The molecule has 0 radical (unpaired) electrons. The molecule has 1 heterocycles. The highest BCUT2D eigenvalue weighted by molar-refractivity contribution is 7.99. The number of carbonyl (C=O) groups excluding carboxylic acids is 1. The molecule has 5 nitrogen and oxygen atoms in total. The first kappa shape index (κ1) is 17.3. The maximum absolute atomic E-state index is 12.4. The van der Waals surface area contributed by atoms with E-state index in [4.69, 9.17) is 4.74 Å². The van der Waals surface area contributed by atoms with Crippen molar-refractivity contribution < 1.29 is 9.53 Å². The van der Waals surface area contributed by atoms with Crippen LogP contribution in [0, 0.1) is 0 Å². The van der Waals surface area contributed by atoms with Crippen molar-refractivity contribution in [2.45, 2.75) is 32.0 Å². The highest BCUT2D eigenvalue weighted by Crippen LogP contribution is 2.16. The van der Waals surface area contributed by atoms with Crippen LogP contribution in [-0.2, 0) is 17.7 Å². The number of aromatic nitrogens is 2. The summed E-state index contributed by atoms with van der Waals surface area (Å²) in [5, 5.41) is 0.626. The van der Waals surface area contributed by atoms with Crippen LogP contribution < -0.4 is 5.56 Å². The Morgan fingerprint density at radius 2 is 2.00 bits per heavy atom. The third kappa shape index (κ3) is 4.45. The molecular weight excluding hydrogens is 312 g/mol. The number of carbonyl (C=O) groups is 1. The highest BCUT2D eigenvalue weighted by Gasteiger charge is 2.16. The molecule has 0 N–H and O–H groups in total. The highest BCUT2D eigenvalue weighted by atomic mass is 32.2. The Kier molecular flexibility index (Phi) is 6.40. The van der Waals surface area contributed by atoms with Crippen molar-refractivity contribution in [2.75, 3.05) is 12.4 Å². The van der Waals surface area contributed by atoms with E-state index in [1.54, 1.807) is 6.92 Å². The van der Waals surface area contributed by atoms with Crippen LogP contribution in [0.3, 0.4) is 0 Å². The Hall–Kier alpha value is -2.08. The number of nitrogens with zero attached hydrogens (tertiary/aromatic N) is 2. The van der Waals surface area contributed by atoms with Crippen molar-refractivity contribution in [2.24, 2.45) is 0 Å². The smallest absolute Gasteiger partial charge is 0.345 e. The minimum atomic E-state index is -0.618. The molecule has 0 aliphatic rings. The second-order valence-corrected chi connectivity index (χ2v) is 5.87. The van der Waals surface area contributed by atoms with E-state index in [1.165, 1.54) is 28.1 Å². The number of rotatable bonds is 7. The van der Waals surface area contributed by atoms with Crippen LogP contribution in [0.4, 0.5) is 0 Å². The van der Waals surface area contributed by atoms with Crippen molar-refractivity contribution >= 4 is 17.7 Å². The number of ether oxygens (including phenoxy) is 1. The fourth-order valence-electron chi connectivity index (χ4n) is 2.12. The molecule has 6 heteroatoms. The third-order valence-electron chi connectivity index (χ3n) is 3.29. The molecule has 23 heavy (non-hydrogen) atoms. The van der Waals surface area contributed by atoms with Crippen LogP contribution >= 0.6 is 11.8 Å². The second kappa shape index (κ2) is 8.53. The standard InChI is InChI=1S/C17H20N2O3S/c1-3-19-15(20)14(16(21)22-4-2)12-18-17(19)23-11-10-13-8-6-5-7-9-13/h5-9,12H,3-4,10-11H2,1-2H3. The first-order valence-electron chi connectivity index (χ1n) is 7.61. The quantitative estimate of drug-likeness (QED) is 0.443. The van der Waals surface area contributed by atoms with Crippen LogP contribution in [0.1, 0.15) is 29.8 Å². The van der Waals surface area contributed by atoms with Gasteiger partial charge >= 0.3 is 5.97 Å². The third-order valence-corrected chi connectivity index (χ3v) is 4.28. The van der Waals surface area contributed by atoms with Gasteiger partial charge in [0, 0.05) is 18.5 Å². The fraction of sp³-hybridized carbons (Fsp3) is 0.353. The number of esters is 1. The van der Waals surface area contributed by atoms with E-state index >= 15 is 0 Å². The van der Waals surface area contributed by atoms with E-state index in [-0.39, 0.29) is 17.7 Å². The fourth-order valence-corrected chi connectivity index (χ4v) is 3.14. The first-order chi connectivity index (χ1) is 11.2. The normalized spacial score (nSPS) is 10.5. The predicted molar refractivity (Wildman–Crippen MR) is 91.0 cm³/mol. The average molecular weight is 332 g/mol.